The van der Waals surface area contributed by atoms with Gasteiger partial charge in [0.15, 0.2) is 11.5 Å². The molecule has 1 aliphatic heterocycles. The summed E-state index contributed by atoms with van der Waals surface area (Å²) in [6.45, 7) is 4.73. The Morgan fingerprint density at radius 3 is 2.75 bits per heavy atom. The number of aromatic nitrogens is 6. The van der Waals surface area contributed by atoms with Crippen LogP contribution in [0.1, 0.15) is 32.3 Å². The van der Waals surface area contributed by atoms with Gasteiger partial charge in [-0.2, -0.15) is 5.26 Å². The molecule has 12 heteroatoms. The Kier molecular flexibility index (Phi) is 6.20. The third-order valence-electron chi connectivity index (χ3n) is 7.04. The van der Waals surface area contributed by atoms with Crippen LogP contribution in [0.4, 0.5) is 14.6 Å². The number of hydrogen-bond donors (Lipinski definition) is 2. The molecule has 6 rings (SSSR count). The number of anilines is 1. The van der Waals surface area contributed by atoms with Crippen molar-refractivity contribution in [3.8, 4) is 28.6 Å². The normalized spacial score (nSPS) is 16.1. The molecule has 0 amide bonds. The molecule has 0 radical (unpaired) electrons. The van der Waals surface area contributed by atoms with Crippen LogP contribution in [-0.2, 0) is 6.54 Å². The molecule has 3 N–H and O–H groups in total. The predicted octanol–water partition coefficient (Wildman–Crippen LogP) is 3.66. The van der Waals surface area contributed by atoms with Crippen LogP contribution in [0.3, 0.4) is 0 Å². The van der Waals surface area contributed by atoms with Gasteiger partial charge in [-0.25, -0.2) is 23.4 Å². The van der Waals surface area contributed by atoms with Gasteiger partial charge in [0.05, 0.1) is 34.6 Å². The van der Waals surface area contributed by atoms with Crippen molar-refractivity contribution in [2.24, 2.45) is 5.73 Å². The van der Waals surface area contributed by atoms with E-state index in [-0.39, 0.29) is 23.7 Å². The third kappa shape index (κ3) is 4.53. The lowest BCUT2D eigenvalue weighted by Gasteiger charge is -2.31. The van der Waals surface area contributed by atoms with E-state index < -0.39 is 17.2 Å². The van der Waals surface area contributed by atoms with Crippen molar-refractivity contribution >= 4 is 22.5 Å². The van der Waals surface area contributed by atoms with Crippen molar-refractivity contribution in [3.05, 3.63) is 59.9 Å². The van der Waals surface area contributed by atoms with Gasteiger partial charge in [0.2, 0.25) is 0 Å². The molecule has 0 aliphatic carbocycles. The second-order valence-electron chi connectivity index (χ2n) is 10.8. The van der Waals surface area contributed by atoms with Crippen LogP contribution in [0.15, 0.2) is 42.7 Å². The summed E-state index contributed by atoms with van der Waals surface area (Å²) in [7, 11) is 0. The molecule has 0 bridgehead atoms. The van der Waals surface area contributed by atoms with Gasteiger partial charge in [0, 0.05) is 48.7 Å². The zero-order valence-electron chi connectivity index (χ0n) is 22.0. The lowest BCUT2D eigenvalue weighted by atomic mass is 10.0. The number of piperidine rings is 1. The molecule has 0 saturated carbocycles. The molecule has 0 unspecified atom stereocenters. The molecule has 1 fully saturated rings. The second kappa shape index (κ2) is 9.62. The van der Waals surface area contributed by atoms with E-state index in [4.69, 9.17) is 10.7 Å². The van der Waals surface area contributed by atoms with E-state index in [0.29, 0.717) is 46.0 Å². The molecule has 0 spiro atoms. The summed E-state index contributed by atoms with van der Waals surface area (Å²) >= 11 is 0. The van der Waals surface area contributed by atoms with Gasteiger partial charge in [0.25, 0.3) is 0 Å². The summed E-state index contributed by atoms with van der Waals surface area (Å²) in [5.41, 5.74) is 7.62. The number of nitrogens with two attached hydrogens (primary N) is 1. The molecule has 5 aromatic rings. The smallest absolute Gasteiger partial charge is 0.181 e. The van der Waals surface area contributed by atoms with Crippen LogP contribution in [0.25, 0.3) is 39.2 Å². The first-order valence-corrected chi connectivity index (χ1v) is 13.0. The lowest BCUT2D eigenvalue weighted by molar-refractivity contribution is 0.0585. The number of nitriles is 1. The van der Waals surface area contributed by atoms with Gasteiger partial charge in [-0.05, 0) is 44.9 Å². The average Bonchev–Trinajstić information content (AvgIpc) is 3.48. The maximum absolute atomic E-state index is 16.0. The highest BCUT2D eigenvalue weighted by Crippen LogP contribution is 2.38. The molecule has 1 aliphatic rings. The summed E-state index contributed by atoms with van der Waals surface area (Å²) in [5, 5.41) is 27.8. The molecule has 1 atom stereocenters. The number of benzene rings is 2. The predicted molar refractivity (Wildman–Crippen MR) is 145 cm³/mol. The van der Waals surface area contributed by atoms with E-state index in [2.05, 4.69) is 20.2 Å². The molecule has 40 heavy (non-hydrogen) atoms. The van der Waals surface area contributed by atoms with Crippen molar-refractivity contribution in [2.75, 3.05) is 18.0 Å². The first-order chi connectivity index (χ1) is 19.1. The highest BCUT2D eigenvalue weighted by molar-refractivity contribution is 5.89. The maximum atomic E-state index is 16.0. The number of aliphatic hydroxyl groups is 1. The third-order valence-corrected chi connectivity index (χ3v) is 7.04. The second-order valence-corrected chi connectivity index (χ2v) is 10.8. The fourth-order valence-corrected chi connectivity index (χ4v) is 5.25. The van der Waals surface area contributed by atoms with Crippen LogP contribution in [0, 0.1) is 23.0 Å². The van der Waals surface area contributed by atoms with Crippen LogP contribution in [0.5, 0.6) is 0 Å². The topological polar surface area (TPSA) is 134 Å². The van der Waals surface area contributed by atoms with E-state index in [9.17, 15) is 14.8 Å². The Bertz CT molecular complexity index is 1800. The largest absolute Gasteiger partial charge is 0.389 e. The standard InChI is InChI=1S/C28H27F2N9O/c1-28(2,40)15-39-23-12-21(30)19(11-22(23)35-36-39)25-24(16-5-6-17(13-31)20(29)10-16)34-27-26(33-7-9-38(25)27)37-8-3-4-18(32)14-37/h5-7,9-12,18,40H,3-4,8,14-15,32H2,1-2H3/t18-/m0/s1. The van der Waals surface area contributed by atoms with Gasteiger partial charge < -0.3 is 15.7 Å². The number of nitrogens with zero attached hydrogens (tertiary/aromatic N) is 8. The highest BCUT2D eigenvalue weighted by Gasteiger charge is 2.27. The molecule has 4 heterocycles. The number of fused-ring (bicyclic) bond motifs is 2. The van der Waals surface area contributed by atoms with Crippen molar-refractivity contribution < 1.29 is 13.9 Å². The van der Waals surface area contributed by atoms with E-state index in [1.165, 1.54) is 22.9 Å². The van der Waals surface area contributed by atoms with Crippen LogP contribution >= 0.6 is 0 Å². The first-order valence-electron chi connectivity index (χ1n) is 13.0. The van der Waals surface area contributed by atoms with Crippen LogP contribution < -0.4 is 10.6 Å². The maximum Gasteiger partial charge on any atom is 0.181 e. The summed E-state index contributed by atoms with van der Waals surface area (Å²) in [6, 6.07) is 8.91. The summed E-state index contributed by atoms with van der Waals surface area (Å²) < 4.78 is 33.9. The Hall–Kier alpha value is -4.47. The Morgan fingerprint density at radius 1 is 1.20 bits per heavy atom. The zero-order chi connectivity index (χ0) is 28.2. The number of rotatable bonds is 5. The Labute approximate surface area is 228 Å². The number of imidazole rings is 1. The van der Waals surface area contributed by atoms with Crippen molar-refractivity contribution in [1.82, 2.24) is 29.4 Å². The van der Waals surface area contributed by atoms with E-state index >= 15 is 4.39 Å². The Balaban J connectivity index is 1.59. The quantitative estimate of drug-likeness (QED) is 0.343. The summed E-state index contributed by atoms with van der Waals surface area (Å²) in [4.78, 5) is 11.5. The molecule has 10 nitrogen and oxygen atoms in total. The summed E-state index contributed by atoms with van der Waals surface area (Å²) in [6.07, 6.45) is 5.11. The van der Waals surface area contributed by atoms with E-state index in [1.807, 2.05) is 6.07 Å². The number of hydrogen-bond acceptors (Lipinski definition) is 8. The fourth-order valence-electron chi connectivity index (χ4n) is 5.25. The molecule has 1 saturated heterocycles. The minimum absolute atomic E-state index is 0.0105. The van der Waals surface area contributed by atoms with Gasteiger partial charge in [-0.1, -0.05) is 11.3 Å². The SMILES string of the molecule is CC(C)(O)Cn1nnc2cc(-c3c(-c4ccc(C#N)c(F)c4)nc4c(N5CCC[C@H](N)C5)nccn34)c(F)cc21. The zero-order valence-corrected chi connectivity index (χ0v) is 22.0. The fraction of sp³-hybridized carbons (Fsp3) is 0.321. The van der Waals surface area contributed by atoms with Crippen LogP contribution in [-0.4, -0.2) is 59.2 Å². The molecule has 3 aromatic heterocycles. The van der Waals surface area contributed by atoms with Crippen molar-refractivity contribution in [3.63, 3.8) is 0 Å². The Morgan fingerprint density at radius 2 is 2.02 bits per heavy atom. The minimum Gasteiger partial charge on any atom is -0.389 e. The van der Waals surface area contributed by atoms with E-state index in [1.54, 1.807) is 42.8 Å². The molecule has 204 valence electrons. The highest BCUT2D eigenvalue weighted by atomic mass is 19.1. The first kappa shape index (κ1) is 25.8. The molecular weight excluding hydrogens is 516 g/mol. The van der Waals surface area contributed by atoms with Crippen LogP contribution in [0.2, 0.25) is 0 Å². The summed E-state index contributed by atoms with van der Waals surface area (Å²) in [5.74, 6) is -0.673. The van der Waals surface area contributed by atoms with Crippen molar-refractivity contribution in [2.45, 2.75) is 44.9 Å². The number of halogens is 2. The van der Waals surface area contributed by atoms with Gasteiger partial charge in [-0.3, -0.25) is 4.40 Å². The van der Waals surface area contributed by atoms with Crippen molar-refractivity contribution in [1.29, 1.82) is 5.26 Å². The monoisotopic (exact) mass is 543 g/mol. The lowest BCUT2D eigenvalue weighted by Crippen LogP contribution is -2.43. The molecular formula is C28H27F2N9O. The van der Waals surface area contributed by atoms with E-state index in [0.717, 1.165) is 19.4 Å². The average molecular weight is 544 g/mol. The van der Waals surface area contributed by atoms with Gasteiger partial charge in [0.1, 0.15) is 23.2 Å². The van der Waals surface area contributed by atoms with Gasteiger partial charge >= 0.3 is 0 Å². The van der Waals surface area contributed by atoms with Gasteiger partial charge in [-0.15, -0.1) is 5.10 Å². The molecule has 2 aromatic carbocycles. The minimum atomic E-state index is -1.08.